The van der Waals surface area contributed by atoms with Crippen molar-refractivity contribution in [3.63, 3.8) is 0 Å². The molecule has 1 saturated heterocycles. The van der Waals surface area contributed by atoms with Gasteiger partial charge < -0.3 is 9.47 Å². The van der Waals surface area contributed by atoms with Crippen LogP contribution in [0.5, 0.6) is 11.5 Å². The second kappa shape index (κ2) is 7.72. The van der Waals surface area contributed by atoms with Crippen LogP contribution in [0.25, 0.3) is 6.08 Å². The van der Waals surface area contributed by atoms with Gasteiger partial charge in [0.1, 0.15) is 0 Å². The highest BCUT2D eigenvalue weighted by Crippen LogP contribution is 2.32. The second-order valence-corrected chi connectivity index (χ2v) is 6.58. The Morgan fingerprint density at radius 2 is 1.60 bits per heavy atom. The van der Waals surface area contributed by atoms with Gasteiger partial charge in [-0.2, -0.15) is 0 Å². The number of ether oxygens (including phenoxy) is 2. The van der Waals surface area contributed by atoms with Gasteiger partial charge in [-0.05, 0) is 23.3 Å². The minimum atomic E-state index is 0.341. The van der Waals surface area contributed by atoms with E-state index in [1.165, 1.54) is 11.1 Å². The van der Waals surface area contributed by atoms with E-state index in [2.05, 4.69) is 64.4 Å². The van der Waals surface area contributed by atoms with Crippen molar-refractivity contribution in [3.05, 3.63) is 65.7 Å². The van der Waals surface area contributed by atoms with Crippen LogP contribution in [0.2, 0.25) is 0 Å². The molecule has 0 spiro atoms. The van der Waals surface area contributed by atoms with Crippen molar-refractivity contribution in [2.45, 2.75) is 6.54 Å². The van der Waals surface area contributed by atoms with Crippen molar-refractivity contribution in [1.29, 1.82) is 0 Å². The van der Waals surface area contributed by atoms with Crippen LogP contribution in [0, 0.1) is 0 Å². The lowest BCUT2D eigenvalue weighted by Crippen LogP contribution is -2.45. The Morgan fingerprint density at radius 3 is 2.44 bits per heavy atom. The normalized spacial score (nSPS) is 18.1. The summed E-state index contributed by atoms with van der Waals surface area (Å²) in [6.07, 6.45) is 4.47. The van der Waals surface area contributed by atoms with Crippen molar-refractivity contribution in [2.75, 3.05) is 39.5 Å². The molecule has 0 aromatic heterocycles. The summed E-state index contributed by atoms with van der Waals surface area (Å²) >= 11 is 0. The Bertz CT molecular complexity index is 722. The van der Waals surface area contributed by atoms with E-state index in [0.717, 1.165) is 50.8 Å². The first kappa shape index (κ1) is 16.2. The van der Waals surface area contributed by atoms with E-state index in [1.54, 1.807) is 0 Å². The van der Waals surface area contributed by atoms with Crippen LogP contribution in [0.3, 0.4) is 0 Å². The van der Waals surface area contributed by atoms with E-state index in [0.29, 0.717) is 6.79 Å². The zero-order valence-corrected chi connectivity index (χ0v) is 14.4. The van der Waals surface area contributed by atoms with Gasteiger partial charge in [-0.25, -0.2) is 0 Å². The summed E-state index contributed by atoms with van der Waals surface area (Å²) in [5, 5.41) is 0. The predicted molar refractivity (Wildman–Crippen MR) is 99.8 cm³/mol. The molecular formula is C21H24N2O2. The largest absolute Gasteiger partial charge is 0.454 e. The van der Waals surface area contributed by atoms with Crippen LogP contribution in [-0.4, -0.2) is 49.3 Å². The summed E-state index contributed by atoms with van der Waals surface area (Å²) < 4.78 is 10.8. The molecule has 2 aromatic rings. The minimum Gasteiger partial charge on any atom is -0.454 e. The third-order valence-electron chi connectivity index (χ3n) is 4.78. The molecule has 0 unspecified atom stereocenters. The fourth-order valence-electron chi connectivity index (χ4n) is 3.33. The first-order chi connectivity index (χ1) is 12.4. The fraction of sp³-hybridized carbons (Fsp3) is 0.333. The summed E-state index contributed by atoms with van der Waals surface area (Å²) in [6, 6.07) is 16.8. The monoisotopic (exact) mass is 336 g/mol. The van der Waals surface area contributed by atoms with Crippen LogP contribution in [0.15, 0.2) is 54.6 Å². The molecule has 0 N–H and O–H groups in total. The summed E-state index contributed by atoms with van der Waals surface area (Å²) in [7, 11) is 0. The Labute approximate surface area is 149 Å². The van der Waals surface area contributed by atoms with Gasteiger partial charge in [-0.1, -0.05) is 48.6 Å². The lowest BCUT2D eigenvalue weighted by molar-refractivity contribution is 0.137. The standard InChI is InChI=1S/C21H24N2O2/c1-2-5-18(6-3-1)7-4-10-22-11-13-23(14-12-22)16-19-8-9-20-21(15-19)25-17-24-20/h1-9,15H,10-14,16-17H2/b7-4-. The maximum atomic E-state index is 5.47. The van der Waals surface area contributed by atoms with Gasteiger partial charge in [0.15, 0.2) is 11.5 Å². The van der Waals surface area contributed by atoms with Gasteiger partial charge in [0.05, 0.1) is 0 Å². The van der Waals surface area contributed by atoms with Gasteiger partial charge in [-0.15, -0.1) is 0 Å². The second-order valence-electron chi connectivity index (χ2n) is 6.58. The molecule has 25 heavy (non-hydrogen) atoms. The van der Waals surface area contributed by atoms with Crippen molar-refractivity contribution in [1.82, 2.24) is 9.80 Å². The van der Waals surface area contributed by atoms with Gasteiger partial charge >= 0.3 is 0 Å². The lowest BCUT2D eigenvalue weighted by atomic mass is 10.1. The third kappa shape index (κ3) is 4.21. The molecule has 0 amide bonds. The summed E-state index contributed by atoms with van der Waals surface area (Å²) in [6.45, 7) is 6.78. The summed E-state index contributed by atoms with van der Waals surface area (Å²) in [5.74, 6) is 1.74. The summed E-state index contributed by atoms with van der Waals surface area (Å²) in [4.78, 5) is 5.02. The zero-order chi connectivity index (χ0) is 16.9. The average molecular weight is 336 g/mol. The van der Waals surface area contributed by atoms with Crippen LogP contribution in [-0.2, 0) is 6.54 Å². The van der Waals surface area contributed by atoms with E-state index in [4.69, 9.17) is 9.47 Å². The predicted octanol–water partition coefficient (Wildman–Crippen LogP) is 3.25. The fourth-order valence-corrected chi connectivity index (χ4v) is 3.33. The van der Waals surface area contributed by atoms with Crippen molar-refractivity contribution in [2.24, 2.45) is 0 Å². The van der Waals surface area contributed by atoms with Crippen LogP contribution < -0.4 is 9.47 Å². The van der Waals surface area contributed by atoms with E-state index in [9.17, 15) is 0 Å². The molecule has 2 heterocycles. The van der Waals surface area contributed by atoms with E-state index in [-0.39, 0.29) is 0 Å². The molecule has 1 fully saturated rings. The smallest absolute Gasteiger partial charge is 0.231 e. The maximum absolute atomic E-state index is 5.47. The van der Waals surface area contributed by atoms with E-state index >= 15 is 0 Å². The third-order valence-corrected chi connectivity index (χ3v) is 4.78. The number of piperazine rings is 1. The molecule has 0 bridgehead atoms. The number of benzene rings is 2. The molecule has 2 aliphatic heterocycles. The Kier molecular flexibility index (Phi) is 5.00. The van der Waals surface area contributed by atoms with Crippen LogP contribution in [0.1, 0.15) is 11.1 Å². The topological polar surface area (TPSA) is 24.9 Å². The number of nitrogens with zero attached hydrogens (tertiary/aromatic N) is 2. The molecule has 0 radical (unpaired) electrons. The van der Waals surface area contributed by atoms with Crippen molar-refractivity contribution in [3.8, 4) is 11.5 Å². The number of hydrogen-bond acceptors (Lipinski definition) is 4. The first-order valence-electron chi connectivity index (χ1n) is 8.92. The van der Waals surface area contributed by atoms with Gasteiger partial charge in [0, 0.05) is 39.3 Å². The highest BCUT2D eigenvalue weighted by molar-refractivity contribution is 5.48. The van der Waals surface area contributed by atoms with E-state index in [1.807, 2.05) is 6.07 Å². The Balaban J connectivity index is 1.24. The summed E-state index contributed by atoms with van der Waals surface area (Å²) in [5.41, 5.74) is 2.56. The van der Waals surface area contributed by atoms with Gasteiger partial charge in [0.2, 0.25) is 6.79 Å². The van der Waals surface area contributed by atoms with Crippen LogP contribution in [0.4, 0.5) is 0 Å². The molecule has 0 aliphatic carbocycles. The number of fused-ring (bicyclic) bond motifs is 1. The molecule has 130 valence electrons. The van der Waals surface area contributed by atoms with Crippen molar-refractivity contribution >= 4 is 6.08 Å². The maximum Gasteiger partial charge on any atom is 0.231 e. The molecule has 4 rings (SSSR count). The van der Waals surface area contributed by atoms with Gasteiger partial charge in [0.25, 0.3) is 0 Å². The zero-order valence-electron chi connectivity index (χ0n) is 14.4. The SMILES string of the molecule is C(=C/c1ccccc1)/CN1CCN(Cc2ccc3c(c2)OCO3)CC1. The molecule has 0 saturated carbocycles. The Hall–Kier alpha value is -2.30. The quantitative estimate of drug-likeness (QED) is 0.837. The molecular weight excluding hydrogens is 312 g/mol. The van der Waals surface area contributed by atoms with Crippen LogP contribution >= 0.6 is 0 Å². The molecule has 4 nitrogen and oxygen atoms in total. The molecule has 2 aromatic carbocycles. The lowest BCUT2D eigenvalue weighted by Gasteiger charge is -2.34. The Morgan fingerprint density at radius 1 is 0.840 bits per heavy atom. The first-order valence-corrected chi connectivity index (χ1v) is 8.92. The number of hydrogen-bond donors (Lipinski definition) is 0. The van der Waals surface area contributed by atoms with Crippen molar-refractivity contribution < 1.29 is 9.47 Å². The highest BCUT2D eigenvalue weighted by Gasteiger charge is 2.18. The minimum absolute atomic E-state index is 0.341. The molecule has 2 aliphatic rings. The van der Waals surface area contributed by atoms with Gasteiger partial charge in [-0.3, -0.25) is 9.80 Å². The molecule has 4 heteroatoms. The average Bonchev–Trinajstić information content (AvgIpc) is 3.12. The highest BCUT2D eigenvalue weighted by atomic mass is 16.7. The van der Waals surface area contributed by atoms with E-state index < -0.39 is 0 Å². The molecule has 0 atom stereocenters. The number of rotatable bonds is 5.